The van der Waals surface area contributed by atoms with Crippen LogP contribution in [-0.4, -0.2) is 68.4 Å². The summed E-state index contributed by atoms with van der Waals surface area (Å²) in [5.74, 6) is -1.78. The molecular formula is C27H31ClF3N3O5. The fraction of sp³-hybridized carbons (Fsp3) is 0.519. The van der Waals surface area contributed by atoms with Crippen molar-refractivity contribution >= 4 is 23.4 Å². The molecule has 0 radical (unpaired) electrons. The molecule has 1 aromatic carbocycles. The fourth-order valence-electron chi connectivity index (χ4n) is 5.39. The van der Waals surface area contributed by atoms with Gasteiger partial charge >= 0.3 is 6.36 Å². The Morgan fingerprint density at radius 2 is 1.87 bits per heavy atom. The van der Waals surface area contributed by atoms with Crippen LogP contribution in [-0.2, 0) is 16.1 Å². The average Bonchev–Trinajstić information content (AvgIpc) is 3.40. The van der Waals surface area contributed by atoms with Crippen molar-refractivity contribution in [2.24, 2.45) is 5.92 Å². The SMILES string of the molecule is O=C(NCc1ccc(-c2ccccc2OC(F)(F)F)nc1)[C@H](O)[C@@H](O)C(=O)N1CCCC1C1CCCC(Cl)C1. The number of hydrogen-bond donors (Lipinski definition) is 3. The Hall–Kier alpha value is -2.89. The first-order valence-electron chi connectivity index (χ1n) is 12.9. The van der Waals surface area contributed by atoms with Crippen molar-refractivity contribution in [3.8, 4) is 17.0 Å². The molecule has 8 nitrogen and oxygen atoms in total. The number of carbonyl (C=O) groups is 2. The molecule has 212 valence electrons. The zero-order valence-corrected chi connectivity index (χ0v) is 21.9. The highest BCUT2D eigenvalue weighted by Gasteiger charge is 2.41. The van der Waals surface area contributed by atoms with Gasteiger partial charge in [0.15, 0.2) is 12.2 Å². The molecule has 1 saturated carbocycles. The summed E-state index contributed by atoms with van der Waals surface area (Å²) in [5, 5.41) is 23.4. The smallest absolute Gasteiger partial charge is 0.405 e. The highest BCUT2D eigenvalue weighted by molar-refractivity contribution is 6.20. The molecule has 0 bridgehead atoms. The quantitative estimate of drug-likeness (QED) is 0.417. The van der Waals surface area contributed by atoms with Gasteiger partial charge in [-0.1, -0.05) is 24.6 Å². The largest absolute Gasteiger partial charge is 0.573 e. The second kappa shape index (κ2) is 12.5. The van der Waals surface area contributed by atoms with Gasteiger partial charge in [-0.15, -0.1) is 24.8 Å². The number of aliphatic hydroxyl groups excluding tert-OH is 2. The summed E-state index contributed by atoms with van der Waals surface area (Å²) in [6.07, 6.45) is -2.13. The van der Waals surface area contributed by atoms with Crippen molar-refractivity contribution < 1.29 is 37.7 Å². The van der Waals surface area contributed by atoms with E-state index in [0.29, 0.717) is 12.1 Å². The summed E-state index contributed by atoms with van der Waals surface area (Å²) < 4.78 is 42.2. The Kier molecular flexibility index (Phi) is 9.35. The van der Waals surface area contributed by atoms with Crippen LogP contribution in [0.15, 0.2) is 42.6 Å². The molecule has 1 aliphatic carbocycles. The Labute approximate surface area is 229 Å². The predicted octanol–water partition coefficient (Wildman–Crippen LogP) is 3.77. The van der Waals surface area contributed by atoms with Crippen molar-refractivity contribution in [3.63, 3.8) is 0 Å². The van der Waals surface area contributed by atoms with Crippen LogP contribution in [0.2, 0.25) is 0 Å². The third-order valence-electron chi connectivity index (χ3n) is 7.28. The highest BCUT2D eigenvalue weighted by Crippen LogP contribution is 2.37. The Morgan fingerprint density at radius 1 is 1.10 bits per heavy atom. The molecular weight excluding hydrogens is 539 g/mol. The minimum absolute atomic E-state index is 0.0640. The van der Waals surface area contributed by atoms with Crippen molar-refractivity contribution in [2.45, 2.75) is 75.1 Å². The van der Waals surface area contributed by atoms with Gasteiger partial charge in [0.25, 0.3) is 11.8 Å². The standard InChI is InChI=1S/C27H31ClF3N3O5/c28-18-6-3-5-17(13-18)21-8-4-12-34(21)26(38)24(36)23(35)25(37)33-15-16-10-11-20(32-14-16)19-7-1-2-9-22(19)39-27(29,30)31/h1-2,7,9-11,14,17-18,21,23-24,35-36H,3-6,8,12-13,15H2,(H,33,37)/t17?,18?,21?,23-,24-/m1/s1. The second-order valence-corrected chi connectivity index (χ2v) is 10.6. The molecule has 5 atom stereocenters. The van der Waals surface area contributed by atoms with E-state index >= 15 is 0 Å². The van der Waals surface area contributed by atoms with E-state index in [4.69, 9.17) is 11.6 Å². The van der Waals surface area contributed by atoms with Gasteiger partial charge in [0.05, 0.1) is 5.69 Å². The molecule has 2 heterocycles. The molecule has 2 aromatic rings. The van der Waals surface area contributed by atoms with Gasteiger partial charge in [-0.2, -0.15) is 0 Å². The van der Waals surface area contributed by atoms with Crippen LogP contribution < -0.4 is 10.1 Å². The number of alkyl halides is 4. The molecule has 2 amide bonds. The second-order valence-electron chi connectivity index (χ2n) is 9.97. The van der Waals surface area contributed by atoms with E-state index in [1.807, 2.05) is 0 Å². The number of amides is 2. The predicted molar refractivity (Wildman–Crippen MR) is 137 cm³/mol. The van der Waals surface area contributed by atoms with Crippen LogP contribution >= 0.6 is 11.6 Å². The number of carbonyl (C=O) groups excluding carboxylic acids is 2. The first-order valence-corrected chi connectivity index (χ1v) is 13.4. The van der Waals surface area contributed by atoms with Crippen LogP contribution in [0, 0.1) is 5.92 Å². The number of ether oxygens (including phenoxy) is 1. The van der Waals surface area contributed by atoms with Crippen LogP contribution in [0.3, 0.4) is 0 Å². The van der Waals surface area contributed by atoms with Gasteiger partial charge in [0.2, 0.25) is 0 Å². The van der Waals surface area contributed by atoms with Crippen LogP contribution in [0.1, 0.15) is 44.1 Å². The van der Waals surface area contributed by atoms with E-state index in [2.05, 4.69) is 15.0 Å². The van der Waals surface area contributed by atoms with Crippen LogP contribution in [0.5, 0.6) is 5.75 Å². The maximum absolute atomic E-state index is 13.0. The van der Waals surface area contributed by atoms with Gasteiger partial charge in [-0.3, -0.25) is 14.6 Å². The minimum Gasteiger partial charge on any atom is -0.405 e. The fourth-order valence-corrected chi connectivity index (χ4v) is 5.78. The summed E-state index contributed by atoms with van der Waals surface area (Å²) in [5.41, 5.74) is 0.851. The molecule has 3 unspecified atom stereocenters. The number of halogens is 4. The topological polar surface area (TPSA) is 112 Å². The van der Waals surface area contributed by atoms with Gasteiger partial charge in [-0.05, 0) is 61.8 Å². The zero-order chi connectivity index (χ0) is 28.2. The number of nitrogens with one attached hydrogen (secondary N) is 1. The monoisotopic (exact) mass is 569 g/mol. The molecule has 1 aliphatic heterocycles. The lowest BCUT2D eigenvalue weighted by Gasteiger charge is -2.36. The molecule has 39 heavy (non-hydrogen) atoms. The number of rotatable bonds is 8. The molecule has 1 aromatic heterocycles. The van der Waals surface area contributed by atoms with E-state index in [1.165, 1.54) is 30.5 Å². The Morgan fingerprint density at radius 3 is 2.56 bits per heavy atom. The summed E-state index contributed by atoms with van der Waals surface area (Å²) in [6.45, 7) is 0.365. The van der Waals surface area contributed by atoms with Crippen molar-refractivity contribution in [1.82, 2.24) is 15.2 Å². The number of nitrogens with zero attached hydrogens (tertiary/aromatic N) is 2. The molecule has 2 aliphatic rings. The van der Waals surface area contributed by atoms with Crippen molar-refractivity contribution in [1.29, 1.82) is 0 Å². The van der Waals surface area contributed by atoms with Crippen LogP contribution in [0.25, 0.3) is 11.3 Å². The summed E-state index contributed by atoms with van der Waals surface area (Å²) >= 11 is 6.33. The van der Waals surface area contributed by atoms with Gasteiger partial charge in [0, 0.05) is 36.3 Å². The van der Waals surface area contributed by atoms with Crippen LogP contribution in [0.4, 0.5) is 13.2 Å². The average molecular weight is 570 g/mol. The normalized spacial score (nSPS) is 23.2. The molecule has 1 saturated heterocycles. The molecule has 2 fully saturated rings. The first-order chi connectivity index (χ1) is 18.5. The van der Waals surface area contributed by atoms with E-state index in [9.17, 15) is 33.0 Å². The summed E-state index contributed by atoms with van der Waals surface area (Å²) in [7, 11) is 0. The van der Waals surface area contributed by atoms with Gasteiger partial charge < -0.3 is 25.2 Å². The third kappa shape index (κ3) is 7.40. The van der Waals surface area contributed by atoms with Gasteiger partial charge in [0.1, 0.15) is 5.75 Å². The zero-order valence-electron chi connectivity index (χ0n) is 21.1. The van der Waals surface area contributed by atoms with E-state index in [1.54, 1.807) is 17.0 Å². The lowest BCUT2D eigenvalue weighted by Crippen LogP contribution is -2.53. The van der Waals surface area contributed by atoms with Gasteiger partial charge in [-0.25, -0.2) is 0 Å². The molecule has 4 rings (SSSR count). The maximum Gasteiger partial charge on any atom is 0.573 e. The van der Waals surface area contributed by atoms with E-state index in [-0.39, 0.29) is 35.1 Å². The lowest BCUT2D eigenvalue weighted by molar-refractivity contribution is -0.274. The minimum atomic E-state index is -4.86. The Bertz CT molecular complexity index is 1150. The first kappa shape index (κ1) is 29.1. The Balaban J connectivity index is 1.33. The number of likely N-dealkylation sites (tertiary alicyclic amines) is 1. The number of aliphatic hydroxyl groups is 2. The van der Waals surface area contributed by atoms with E-state index in [0.717, 1.165) is 38.5 Å². The molecule has 12 heteroatoms. The number of benzene rings is 1. The van der Waals surface area contributed by atoms with E-state index < -0.39 is 36.1 Å². The third-order valence-corrected chi connectivity index (χ3v) is 7.67. The molecule has 0 spiro atoms. The lowest BCUT2D eigenvalue weighted by atomic mass is 9.82. The van der Waals surface area contributed by atoms with Crippen molar-refractivity contribution in [3.05, 3.63) is 48.2 Å². The maximum atomic E-state index is 13.0. The highest BCUT2D eigenvalue weighted by atomic mass is 35.5. The van der Waals surface area contributed by atoms with Crippen molar-refractivity contribution in [2.75, 3.05) is 6.54 Å². The number of aromatic nitrogens is 1. The summed E-state index contributed by atoms with van der Waals surface area (Å²) in [4.78, 5) is 31.2. The number of para-hydroxylation sites is 1. The summed E-state index contributed by atoms with van der Waals surface area (Å²) in [6, 6.07) is 8.53. The molecule has 3 N–H and O–H groups in total. The number of pyridine rings is 1. The number of hydrogen-bond acceptors (Lipinski definition) is 6.